The van der Waals surface area contributed by atoms with E-state index < -0.39 is 0 Å². The van der Waals surface area contributed by atoms with Gasteiger partial charge in [-0.1, -0.05) is 66.7 Å². The van der Waals surface area contributed by atoms with Crippen LogP contribution < -0.4 is 11.1 Å². The van der Waals surface area contributed by atoms with Gasteiger partial charge in [0.25, 0.3) is 0 Å². The lowest BCUT2D eigenvalue weighted by atomic mass is 10.2. The molecule has 6 heteroatoms. The maximum Gasteiger partial charge on any atom is 0.330 e. The molecule has 1 unspecified atom stereocenters. The standard InChI is InChI=1S/C12H17NO2.C7H9N.C5H8O2/c1-10(8-12(14)15-2)13-9-11-6-4-3-5-7-11;8-6-7-4-2-1-3-5-7;1-3-4-5(6)7-2/h3-7,10,13H,8-9H2,1-2H3;1-5H,6,8H2;3-4H,1-2H3/b;;4-3+. The van der Waals surface area contributed by atoms with Crippen LogP contribution in [-0.4, -0.2) is 32.2 Å². The van der Waals surface area contributed by atoms with Crippen LogP contribution in [0.15, 0.2) is 72.8 Å². The number of ether oxygens (including phenoxy) is 2. The third kappa shape index (κ3) is 15.0. The smallest absolute Gasteiger partial charge is 0.330 e. The molecule has 2 aromatic carbocycles. The molecule has 0 fully saturated rings. The third-order valence-electron chi connectivity index (χ3n) is 3.78. The van der Waals surface area contributed by atoms with Crippen LogP contribution in [0.3, 0.4) is 0 Å². The Morgan fingerprint density at radius 2 is 1.50 bits per heavy atom. The van der Waals surface area contributed by atoms with E-state index in [1.807, 2.05) is 55.5 Å². The number of rotatable bonds is 7. The highest BCUT2D eigenvalue weighted by atomic mass is 16.5. The molecule has 0 heterocycles. The van der Waals surface area contributed by atoms with E-state index in [1.54, 1.807) is 13.0 Å². The summed E-state index contributed by atoms with van der Waals surface area (Å²) in [6.45, 7) is 5.15. The van der Waals surface area contributed by atoms with Gasteiger partial charge in [-0.05, 0) is 25.0 Å². The van der Waals surface area contributed by atoms with Gasteiger partial charge in [-0.15, -0.1) is 0 Å². The van der Waals surface area contributed by atoms with Crippen molar-refractivity contribution in [3.8, 4) is 0 Å². The molecule has 0 spiro atoms. The van der Waals surface area contributed by atoms with Crippen molar-refractivity contribution in [2.75, 3.05) is 14.2 Å². The Labute approximate surface area is 180 Å². The molecule has 0 aliphatic heterocycles. The van der Waals surface area contributed by atoms with Crippen molar-refractivity contribution in [1.29, 1.82) is 0 Å². The minimum Gasteiger partial charge on any atom is -0.469 e. The first-order valence-electron chi connectivity index (χ1n) is 9.75. The molecule has 0 bridgehead atoms. The number of carbonyl (C=O) groups is 2. The maximum absolute atomic E-state index is 11.0. The predicted octanol–water partition coefficient (Wildman–Crippen LogP) is 3.61. The number of benzene rings is 2. The van der Waals surface area contributed by atoms with Crippen molar-refractivity contribution in [3.05, 3.63) is 83.9 Å². The van der Waals surface area contributed by atoms with Crippen LogP contribution in [0.2, 0.25) is 0 Å². The zero-order chi connectivity index (χ0) is 22.6. The van der Waals surface area contributed by atoms with Crippen LogP contribution in [0.5, 0.6) is 0 Å². The Hall–Kier alpha value is -2.96. The van der Waals surface area contributed by atoms with Crippen molar-refractivity contribution in [3.63, 3.8) is 0 Å². The fourth-order valence-corrected chi connectivity index (χ4v) is 2.11. The Morgan fingerprint density at radius 1 is 0.967 bits per heavy atom. The van der Waals surface area contributed by atoms with Crippen molar-refractivity contribution in [2.45, 2.75) is 39.4 Å². The number of allylic oxidation sites excluding steroid dienone is 1. The molecule has 1 atom stereocenters. The molecule has 30 heavy (non-hydrogen) atoms. The highest BCUT2D eigenvalue weighted by Gasteiger charge is 2.07. The van der Waals surface area contributed by atoms with Crippen molar-refractivity contribution in [1.82, 2.24) is 5.32 Å². The zero-order valence-electron chi connectivity index (χ0n) is 18.3. The van der Waals surface area contributed by atoms with E-state index in [1.165, 1.54) is 31.4 Å². The highest BCUT2D eigenvalue weighted by molar-refractivity contribution is 5.81. The Kier molecular flexibility index (Phi) is 16.3. The van der Waals surface area contributed by atoms with E-state index in [9.17, 15) is 9.59 Å². The monoisotopic (exact) mass is 414 g/mol. The second kappa shape index (κ2) is 18.1. The summed E-state index contributed by atoms with van der Waals surface area (Å²) in [5.41, 5.74) is 7.75. The van der Waals surface area contributed by atoms with Crippen LogP contribution in [0, 0.1) is 0 Å². The summed E-state index contributed by atoms with van der Waals surface area (Å²) in [6, 6.07) is 20.2. The van der Waals surface area contributed by atoms with E-state index in [0.29, 0.717) is 13.0 Å². The number of carbonyl (C=O) groups excluding carboxylic acids is 2. The fraction of sp³-hybridized carbons (Fsp3) is 0.333. The van der Waals surface area contributed by atoms with Crippen LogP contribution in [0.4, 0.5) is 0 Å². The maximum atomic E-state index is 11.0. The fourth-order valence-electron chi connectivity index (χ4n) is 2.11. The van der Waals surface area contributed by atoms with Gasteiger partial charge >= 0.3 is 11.9 Å². The summed E-state index contributed by atoms with van der Waals surface area (Å²) < 4.78 is 8.86. The number of nitrogens with one attached hydrogen (secondary N) is 1. The number of hydrogen-bond acceptors (Lipinski definition) is 6. The van der Waals surface area contributed by atoms with Gasteiger partial charge in [0.05, 0.1) is 20.6 Å². The number of nitrogens with two attached hydrogens (primary N) is 1. The van der Waals surface area contributed by atoms with E-state index in [-0.39, 0.29) is 18.0 Å². The molecule has 2 rings (SSSR count). The topological polar surface area (TPSA) is 90.6 Å². The summed E-state index contributed by atoms with van der Waals surface area (Å²) in [5, 5.41) is 3.26. The van der Waals surface area contributed by atoms with E-state index >= 15 is 0 Å². The quantitative estimate of drug-likeness (QED) is 0.531. The summed E-state index contributed by atoms with van der Waals surface area (Å²) in [7, 11) is 2.76. The van der Waals surface area contributed by atoms with Gasteiger partial charge in [0, 0.05) is 25.2 Å². The Bertz CT molecular complexity index is 719. The molecule has 2 aromatic rings. The minimum absolute atomic E-state index is 0.137. The van der Waals surface area contributed by atoms with Gasteiger partial charge in [-0.3, -0.25) is 4.79 Å². The van der Waals surface area contributed by atoms with Crippen molar-refractivity contribution >= 4 is 11.9 Å². The molecule has 6 nitrogen and oxygen atoms in total. The molecular weight excluding hydrogens is 380 g/mol. The lowest BCUT2D eigenvalue weighted by Gasteiger charge is -2.12. The number of hydrogen-bond donors (Lipinski definition) is 2. The summed E-state index contributed by atoms with van der Waals surface area (Å²) >= 11 is 0. The van der Waals surface area contributed by atoms with Crippen molar-refractivity contribution < 1.29 is 19.1 Å². The molecule has 164 valence electrons. The average molecular weight is 415 g/mol. The lowest BCUT2D eigenvalue weighted by Crippen LogP contribution is -2.28. The SMILES string of the molecule is C/C=C/C(=O)OC.COC(=O)CC(C)NCc1ccccc1.NCc1ccccc1. The first kappa shape index (κ1) is 27.0. The number of methoxy groups -OCH3 is 2. The van der Waals surface area contributed by atoms with Gasteiger partial charge in [0.1, 0.15) is 0 Å². The molecule has 0 saturated carbocycles. The second-order valence-electron chi connectivity index (χ2n) is 6.26. The van der Waals surface area contributed by atoms with Crippen LogP contribution in [-0.2, 0) is 32.2 Å². The first-order chi connectivity index (χ1) is 14.5. The summed E-state index contributed by atoms with van der Waals surface area (Å²) in [5.74, 6) is -0.481. The van der Waals surface area contributed by atoms with Gasteiger partial charge in [0.15, 0.2) is 0 Å². The molecule has 3 N–H and O–H groups in total. The van der Waals surface area contributed by atoms with Gasteiger partial charge in [-0.25, -0.2) is 4.79 Å². The summed E-state index contributed by atoms with van der Waals surface area (Å²) in [4.78, 5) is 21.1. The molecule has 0 aliphatic carbocycles. The van der Waals surface area contributed by atoms with Gasteiger partial charge in [-0.2, -0.15) is 0 Å². The Morgan fingerprint density at radius 3 is 1.87 bits per heavy atom. The molecule has 0 aliphatic rings. The molecule has 0 aromatic heterocycles. The normalized spacial score (nSPS) is 10.7. The highest BCUT2D eigenvalue weighted by Crippen LogP contribution is 2.00. The predicted molar refractivity (Wildman–Crippen MR) is 121 cm³/mol. The lowest BCUT2D eigenvalue weighted by molar-refractivity contribution is -0.141. The zero-order valence-corrected chi connectivity index (χ0v) is 18.3. The first-order valence-corrected chi connectivity index (χ1v) is 9.75. The second-order valence-corrected chi connectivity index (χ2v) is 6.26. The largest absolute Gasteiger partial charge is 0.469 e. The minimum atomic E-state index is -0.303. The van der Waals surface area contributed by atoms with E-state index in [4.69, 9.17) is 5.73 Å². The van der Waals surface area contributed by atoms with E-state index in [2.05, 4.69) is 26.9 Å². The Balaban J connectivity index is 0.000000471. The van der Waals surface area contributed by atoms with Crippen LogP contribution in [0.25, 0.3) is 0 Å². The molecule has 0 radical (unpaired) electrons. The van der Waals surface area contributed by atoms with Crippen LogP contribution in [0.1, 0.15) is 31.4 Å². The van der Waals surface area contributed by atoms with E-state index in [0.717, 1.165) is 6.54 Å². The van der Waals surface area contributed by atoms with Gasteiger partial charge < -0.3 is 20.5 Å². The molecule has 0 saturated heterocycles. The van der Waals surface area contributed by atoms with Gasteiger partial charge in [0.2, 0.25) is 0 Å². The molecular formula is C24H34N2O4. The summed E-state index contributed by atoms with van der Waals surface area (Å²) in [6.07, 6.45) is 3.40. The molecule has 0 amide bonds. The average Bonchev–Trinajstić information content (AvgIpc) is 2.79. The van der Waals surface area contributed by atoms with Crippen molar-refractivity contribution in [2.24, 2.45) is 5.73 Å². The number of esters is 2. The third-order valence-corrected chi connectivity index (χ3v) is 3.78. The van der Waals surface area contributed by atoms with Crippen LogP contribution >= 0.6 is 0 Å².